The number of ether oxygens (including phenoxy) is 3. The first-order chi connectivity index (χ1) is 10.4. The number of hydrogen-bond donors (Lipinski definition) is 5. The van der Waals surface area contributed by atoms with Gasteiger partial charge in [0.2, 0.25) is 0 Å². The number of carbonyl (C=O) groups excluding carboxylic acids is 1. The molecule has 0 spiro atoms. The maximum Gasteiger partial charge on any atom is 0.334 e. The topological polar surface area (TPSA) is 163 Å². The summed E-state index contributed by atoms with van der Waals surface area (Å²) in [6, 6.07) is 0. The van der Waals surface area contributed by atoms with Crippen LogP contribution in [0.25, 0.3) is 0 Å². The van der Waals surface area contributed by atoms with Gasteiger partial charge in [-0.15, -0.1) is 0 Å². The second-order valence-corrected chi connectivity index (χ2v) is 4.48. The van der Waals surface area contributed by atoms with Crippen molar-refractivity contribution in [3.05, 3.63) is 0 Å². The average Bonchev–Trinajstić information content (AvgIpc) is 2.46. The first-order valence-electron chi connectivity index (χ1n) is 6.50. The van der Waals surface area contributed by atoms with Crippen LogP contribution in [0.3, 0.4) is 0 Å². The Kier molecular flexibility index (Phi) is 11.8. The van der Waals surface area contributed by atoms with Gasteiger partial charge in [-0.2, -0.15) is 0 Å². The quantitative estimate of drug-likeness (QED) is 0.205. The zero-order chi connectivity index (χ0) is 17.0. The van der Waals surface area contributed by atoms with E-state index in [9.17, 15) is 19.8 Å². The van der Waals surface area contributed by atoms with Gasteiger partial charge < -0.3 is 44.5 Å². The van der Waals surface area contributed by atoms with Crippen molar-refractivity contribution >= 4 is 12.3 Å². The molecule has 4 atom stereocenters. The Morgan fingerprint density at radius 1 is 0.818 bits per heavy atom. The number of aliphatic hydroxyl groups is 4. The first-order valence-corrected chi connectivity index (χ1v) is 6.50. The molecule has 0 aromatic carbocycles. The lowest BCUT2D eigenvalue weighted by atomic mass is 10.3. The van der Waals surface area contributed by atoms with E-state index in [-0.39, 0.29) is 33.0 Å². The van der Waals surface area contributed by atoms with Crippen LogP contribution in [0.2, 0.25) is 0 Å². The van der Waals surface area contributed by atoms with Crippen LogP contribution in [0, 0.1) is 0 Å². The summed E-state index contributed by atoms with van der Waals surface area (Å²) in [6.07, 6.45) is -4.64. The molecule has 0 aromatic heterocycles. The van der Waals surface area contributed by atoms with Crippen molar-refractivity contribution < 1.29 is 49.3 Å². The van der Waals surface area contributed by atoms with E-state index >= 15 is 0 Å². The van der Waals surface area contributed by atoms with Crippen molar-refractivity contribution in [1.29, 1.82) is 0 Å². The van der Waals surface area contributed by atoms with Gasteiger partial charge in [-0.05, 0) is 0 Å². The van der Waals surface area contributed by atoms with Crippen LogP contribution in [0.5, 0.6) is 0 Å². The largest absolute Gasteiger partial charge is 0.479 e. The van der Waals surface area contributed by atoms with Gasteiger partial charge in [0, 0.05) is 0 Å². The van der Waals surface area contributed by atoms with Crippen LogP contribution >= 0.6 is 0 Å². The molecule has 130 valence electrons. The van der Waals surface area contributed by atoms with Crippen molar-refractivity contribution in [2.45, 2.75) is 24.4 Å². The van der Waals surface area contributed by atoms with Crippen molar-refractivity contribution in [2.75, 3.05) is 39.6 Å². The Hall–Kier alpha value is -1.14. The van der Waals surface area contributed by atoms with Gasteiger partial charge in [0.1, 0.15) is 18.3 Å². The molecule has 0 fully saturated rings. The van der Waals surface area contributed by atoms with E-state index in [1.165, 1.54) is 0 Å². The summed E-state index contributed by atoms with van der Waals surface area (Å²) in [4.78, 5) is 20.4. The molecular formula is C12H22O10. The summed E-state index contributed by atoms with van der Waals surface area (Å²) in [5.41, 5.74) is 0. The third kappa shape index (κ3) is 11.5. The standard InChI is InChI=1S/C12H22O10/c13-1-8(14)2-20-3-9(15)4-21-5-10(16)6-22-7-11(17)12(18)19/h1,8-11,14-17H,2-7H2,(H,18,19). The molecule has 0 bridgehead atoms. The normalized spacial score (nSPS) is 16.7. The molecule has 0 saturated heterocycles. The summed E-state index contributed by atoms with van der Waals surface area (Å²) < 4.78 is 14.6. The number of carboxylic acid groups (broad SMARTS) is 1. The van der Waals surface area contributed by atoms with Crippen molar-refractivity contribution in [2.24, 2.45) is 0 Å². The van der Waals surface area contributed by atoms with Gasteiger partial charge in [0.05, 0.1) is 39.6 Å². The van der Waals surface area contributed by atoms with Crippen molar-refractivity contribution in [3.8, 4) is 0 Å². The fourth-order valence-corrected chi connectivity index (χ4v) is 1.19. The summed E-state index contributed by atoms with van der Waals surface area (Å²) in [5.74, 6) is -1.42. The predicted molar refractivity (Wildman–Crippen MR) is 70.2 cm³/mol. The maximum atomic E-state index is 10.3. The minimum absolute atomic E-state index is 0.147. The Morgan fingerprint density at radius 2 is 1.23 bits per heavy atom. The Balaban J connectivity index is 3.56. The van der Waals surface area contributed by atoms with E-state index in [0.717, 1.165) is 0 Å². The van der Waals surface area contributed by atoms with Gasteiger partial charge >= 0.3 is 5.97 Å². The number of aldehydes is 1. The lowest BCUT2D eigenvalue weighted by Gasteiger charge is -2.15. The van der Waals surface area contributed by atoms with Gasteiger partial charge in [-0.3, -0.25) is 0 Å². The minimum atomic E-state index is -1.66. The van der Waals surface area contributed by atoms with Crippen LogP contribution in [-0.2, 0) is 23.8 Å². The fraction of sp³-hybridized carbons (Fsp3) is 0.833. The first kappa shape index (κ1) is 20.9. The molecule has 4 unspecified atom stereocenters. The van der Waals surface area contributed by atoms with Gasteiger partial charge in [-0.1, -0.05) is 0 Å². The molecule has 0 amide bonds. The molecule has 22 heavy (non-hydrogen) atoms. The predicted octanol–water partition coefficient (Wildman–Crippen LogP) is -3.24. The number of hydrogen-bond acceptors (Lipinski definition) is 9. The molecule has 0 saturated carbocycles. The SMILES string of the molecule is O=CC(O)COCC(O)COCC(O)COCC(O)C(=O)O. The second kappa shape index (κ2) is 12.4. The van der Waals surface area contributed by atoms with Crippen LogP contribution in [-0.4, -0.2) is 102 Å². The van der Waals surface area contributed by atoms with Crippen molar-refractivity contribution in [3.63, 3.8) is 0 Å². The highest BCUT2D eigenvalue weighted by molar-refractivity contribution is 5.71. The number of carbonyl (C=O) groups is 2. The van der Waals surface area contributed by atoms with Gasteiger partial charge in [0.15, 0.2) is 12.4 Å². The molecule has 0 aliphatic rings. The van der Waals surface area contributed by atoms with Crippen LogP contribution in [0.4, 0.5) is 0 Å². The van der Waals surface area contributed by atoms with Crippen LogP contribution in [0.15, 0.2) is 0 Å². The Bertz CT molecular complexity index is 310. The zero-order valence-corrected chi connectivity index (χ0v) is 11.9. The third-order valence-electron chi connectivity index (χ3n) is 2.25. The molecule has 0 rings (SSSR count). The molecule has 10 nitrogen and oxygen atoms in total. The summed E-state index contributed by atoms with van der Waals surface area (Å²) in [6.45, 7) is -1.39. The van der Waals surface area contributed by atoms with E-state index in [2.05, 4.69) is 0 Å². The highest BCUT2D eigenvalue weighted by Crippen LogP contribution is 1.94. The molecule has 0 heterocycles. The Labute approximate surface area is 126 Å². The van der Waals surface area contributed by atoms with E-state index in [4.69, 9.17) is 29.5 Å². The summed E-state index contributed by atoms with van der Waals surface area (Å²) in [7, 11) is 0. The van der Waals surface area contributed by atoms with E-state index in [0.29, 0.717) is 6.29 Å². The lowest BCUT2D eigenvalue weighted by Crippen LogP contribution is -2.31. The van der Waals surface area contributed by atoms with E-state index < -0.39 is 37.0 Å². The molecular weight excluding hydrogens is 304 g/mol. The monoisotopic (exact) mass is 326 g/mol. The number of rotatable bonds is 14. The molecule has 10 heteroatoms. The molecule has 5 N–H and O–H groups in total. The van der Waals surface area contributed by atoms with Crippen molar-refractivity contribution in [1.82, 2.24) is 0 Å². The van der Waals surface area contributed by atoms with Crippen LogP contribution in [0.1, 0.15) is 0 Å². The number of aliphatic hydroxyl groups excluding tert-OH is 4. The number of aliphatic carboxylic acids is 1. The zero-order valence-electron chi connectivity index (χ0n) is 11.9. The molecule has 0 aliphatic carbocycles. The minimum Gasteiger partial charge on any atom is -0.479 e. The van der Waals surface area contributed by atoms with E-state index in [1.54, 1.807) is 0 Å². The third-order valence-corrected chi connectivity index (χ3v) is 2.25. The fourth-order valence-electron chi connectivity index (χ4n) is 1.19. The van der Waals surface area contributed by atoms with Gasteiger partial charge in [-0.25, -0.2) is 4.79 Å². The smallest absolute Gasteiger partial charge is 0.334 e. The summed E-state index contributed by atoms with van der Waals surface area (Å²) >= 11 is 0. The van der Waals surface area contributed by atoms with Gasteiger partial charge in [0.25, 0.3) is 0 Å². The second-order valence-electron chi connectivity index (χ2n) is 4.48. The average molecular weight is 326 g/mol. The highest BCUT2D eigenvalue weighted by atomic mass is 16.5. The summed E-state index contributed by atoms with van der Waals surface area (Å²) in [5, 5.41) is 45.0. The number of carboxylic acids is 1. The van der Waals surface area contributed by atoms with E-state index in [1.807, 2.05) is 0 Å². The molecule has 0 aromatic rings. The lowest BCUT2D eigenvalue weighted by molar-refractivity contribution is -0.150. The molecule has 0 radical (unpaired) electrons. The Morgan fingerprint density at radius 3 is 1.64 bits per heavy atom. The van der Waals surface area contributed by atoms with Crippen LogP contribution < -0.4 is 0 Å². The maximum absolute atomic E-state index is 10.3. The molecule has 0 aliphatic heterocycles. The highest BCUT2D eigenvalue weighted by Gasteiger charge is 2.14.